The van der Waals surface area contributed by atoms with E-state index in [1.54, 1.807) is 6.07 Å². The van der Waals surface area contributed by atoms with E-state index in [0.29, 0.717) is 0 Å². The lowest BCUT2D eigenvalue weighted by Crippen LogP contribution is -2.19. The highest BCUT2D eigenvalue weighted by molar-refractivity contribution is 6.31. The molecule has 0 unspecified atom stereocenters. The highest BCUT2D eigenvalue weighted by Crippen LogP contribution is 2.24. The molecule has 1 rings (SSSR count). The van der Waals surface area contributed by atoms with Crippen molar-refractivity contribution >= 4 is 11.6 Å². The fraction of sp³-hybridized carbons (Fsp3) is 0.250. The Morgan fingerprint density at radius 3 is 2.69 bits per heavy atom. The summed E-state index contributed by atoms with van der Waals surface area (Å²) in [5, 5.41) is 0.117. The highest BCUT2D eigenvalue weighted by atomic mass is 35.5. The van der Waals surface area contributed by atoms with Crippen LogP contribution in [0.3, 0.4) is 0 Å². The summed E-state index contributed by atoms with van der Waals surface area (Å²) in [6.45, 7) is -1.35. The van der Waals surface area contributed by atoms with Gasteiger partial charge in [-0.25, -0.2) is 0 Å². The Morgan fingerprint density at radius 2 is 2.15 bits per heavy atom. The molecule has 0 heterocycles. The van der Waals surface area contributed by atoms with Crippen LogP contribution in [0.4, 0.5) is 13.2 Å². The third-order valence-electron chi connectivity index (χ3n) is 1.15. The first-order valence-electron chi connectivity index (χ1n) is 3.35. The lowest BCUT2D eigenvalue weighted by Gasteiger charge is -2.09. The van der Waals surface area contributed by atoms with Crippen molar-refractivity contribution in [1.29, 1.82) is 0 Å². The van der Waals surface area contributed by atoms with Crippen molar-refractivity contribution in [3.63, 3.8) is 0 Å². The van der Waals surface area contributed by atoms with Gasteiger partial charge in [-0.05, 0) is 6.07 Å². The predicted molar refractivity (Wildman–Crippen MR) is 41.8 cm³/mol. The Hall–Kier alpha value is -0.900. The van der Waals surface area contributed by atoms with E-state index in [1.165, 1.54) is 12.1 Å². The fourth-order valence-corrected chi connectivity index (χ4v) is 0.847. The molecule has 1 nitrogen and oxygen atoms in total. The molecule has 0 spiro atoms. The maximum atomic E-state index is 11.7. The molecule has 1 aromatic rings. The Balaban J connectivity index is 2.60. The normalized spacial score (nSPS) is 11.4. The summed E-state index contributed by atoms with van der Waals surface area (Å²) in [4.78, 5) is 0. The summed E-state index contributed by atoms with van der Waals surface area (Å²) < 4.78 is 39.5. The minimum Gasteiger partial charge on any atom is -0.482 e. The molecule has 0 aliphatic carbocycles. The molecule has 1 aromatic carbocycles. The quantitative estimate of drug-likeness (QED) is 0.727. The minimum absolute atomic E-state index is 0.0820. The zero-order chi connectivity index (χ0) is 9.90. The number of hydrogen-bond donors (Lipinski definition) is 0. The van der Waals surface area contributed by atoms with Gasteiger partial charge in [-0.1, -0.05) is 23.7 Å². The van der Waals surface area contributed by atoms with Crippen molar-refractivity contribution in [3.05, 3.63) is 29.3 Å². The largest absolute Gasteiger partial charge is 0.482 e. The molecule has 0 fully saturated rings. The van der Waals surface area contributed by atoms with Gasteiger partial charge in [0.05, 0.1) is 5.02 Å². The van der Waals surface area contributed by atoms with Crippen LogP contribution in [0.25, 0.3) is 0 Å². The number of ether oxygens (including phenoxy) is 1. The third-order valence-corrected chi connectivity index (χ3v) is 1.45. The molecule has 0 saturated heterocycles. The van der Waals surface area contributed by atoms with E-state index in [-0.39, 0.29) is 10.8 Å². The Kier molecular flexibility index (Phi) is 3.03. The molecule has 5 heteroatoms. The molecule has 0 bridgehead atoms. The average molecular weight is 210 g/mol. The molecule has 71 valence electrons. The van der Waals surface area contributed by atoms with E-state index in [2.05, 4.69) is 10.8 Å². The highest BCUT2D eigenvalue weighted by Gasteiger charge is 2.28. The van der Waals surface area contributed by atoms with Crippen molar-refractivity contribution in [2.45, 2.75) is 6.18 Å². The van der Waals surface area contributed by atoms with Crippen LogP contribution in [0, 0.1) is 6.07 Å². The van der Waals surface area contributed by atoms with Gasteiger partial charge in [0.1, 0.15) is 5.75 Å². The second kappa shape index (κ2) is 3.87. The predicted octanol–water partition coefficient (Wildman–Crippen LogP) is 3.08. The van der Waals surface area contributed by atoms with Gasteiger partial charge in [0.15, 0.2) is 6.61 Å². The summed E-state index contributed by atoms with van der Waals surface area (Å²) in [7, 11) is 0. The van der Waals surface area contributed by atoms with Crippen molar-refractivity contribution < 1.29 is 17.9 Å². The van der Waals surface area contributed by atoms with Crippen LogP contribution in [0.5, 0.6) is 5.75 Å². The molecule has 0 saturated carbocycles. The molecule has 0 N–H and O–H groups in total. The standard InChI is InChI=1S/C8H5ClF3O/c9-6-3-1-2-4-7(6)13-5-8(10,11)12/h1-3H,5H2. The number of benzene rings is 1. The van der Waals surface area contributed by atoms with Gasteiger partial charge in [0.25, 0.3) is 0 Å². The van der Waals surface area contributed by atoms with Crippen LogP contribution >= 0.6 is 11.6 Å². The van der Waals surface area contributed by atoms with E-state index >= 15 is 0 Å². The van der Waals surface area contributed by atoms with Gasteiger partial charge >= 0.3 is 6.18 Å². The molecule has 0 aromatic heterocycles. The fourth-order valence-electron chi connectivity index (χ4n) is 0.666. The molecular weight excluding hydrogens is 205 g/mol. The van der Waals surface area contributed by atoms with Gasteiger partial charge in [-0.15, -0.1) is 0 Å². The van der Waals surface area contributed by atoms with Crippen molar-refractivity contribution in [1.82, 2.24) is 0 Å². The van der Waals surface area contributed by atoms with E-state index in [1.807, 2.05) is 0 Å². The van der Waals surface area contributed by atoms with Crippen molar-refractivity contribution in [2.24, 2.45) is 0 Å². The Labute approximate surface area is 78.1 Å². The van der Waals surface area contributed by atoms with Crippen molar-refractivity contribution in [2.75, 3.05) is 6.61 Å². The number of halogens is 4. The van der Waals surface area contributed by atoms with Crippen LogP contribution in [0.1, 0.15) is 0 Å². The summed E-state index contributed by atoms with van der Waals surface area (Å²) in [6, 6.07) is 6.88. The van der Waals surface area contributed by atoms with Gasteiger partial charge in [-0.2, -0.15) is 13.2 Å². The number of rotatable bonds is 2. The van der Waals surface area contributed by atoms with Crippen LogP contribution in [0.2, 0.25) is 5.02 Å². The SMILES string of the molecule is FC(F)(F)COc1[c]cccc1Cl. The summed E-state index contributed by atoms with van der Waals surface area (Å²) in [5.41, 5.74) is 0. The summed E-state index contributed by atoms with van der Waals surface area (Å²) in [6.07, 6.45) is -4.35. The van der Waals surface area contributed by atoms with E-state index < -0.39 is 12.8 Å². The topological polar surface area (TPSA) is 9.23 Å². The van der Waals surface area contributed by atoms with Crippen LogP contribution < -0.4 is 4.74 Å². The first-order chi connectivity index (χ1) is 5.99. The maximum absolute atomic E-state index is 11.7. The van der Waals surface area contributed by atoms with Crippen LogP contribution in [-0.4, -0.2) is 12.8 Å². The van der Waals surface area contributed by atoms with Crippen LogP contribution in [0.15, 0.2) is 18.2 Å². The third kappa shape index (κ3) is 3.55. The van der Waals surface area contributed by atoms with Gasteiger partial charge in [-0.3, -0.25) is 0 Å². The molecule has 0 aliphatic rings. The Morgan fingerprint density at radius 1 is 1.46 bits per heavy atom. The monoisotopic (exact) mass is 209 g/mol. The lowest BCUT2D eigenvalue weighted by molar-refractivity contribution is -0.153. The zero-order valence-corrected chi connectivity index (χ0v) is 7.12. The molecule has 1 radical (unpaired) electrons. The van der Waals surface area contributed by atoms with Crippen LogP contribution in [-0.2, 0) is 0 Å². The van der Waals surface area contributed by atoms with Gasteiger partial charge in [0, 0.05) is 6.07 Å². The molecule has 0 atom stereocenters. The number of alkyl halides is 3. The van der Waals surface area contributed by atoms with Crippen molar-refractivity contribution in [3.8, 4) is 5.75 Å². The van der Waals surface area contributed by atoms with E-state index in [9.17, 15) is 13.2 Å². The number of hydrogen-bond acceptors (Lipinski definition) is 1. The second-order valence-electron chi connectivity index (χ2n) is 2.25. The van der Waals surface area contributed by atoms with Gasteiger partial charge < -0.3 is 4.74 Å². The Bertz CT molecular complexity index is 285. The molecular formula is C8H5ClF3O. The average Bonchev–Trinajstić information content (AvgIpc) is 2.01. The zero-order valence-electron chi connectivity index (χ0n) is 6.36. The number of para-hydroxylation sites is 1. The summed E-state index contributed by atoms with van der Waals surface area (Å²) in [5.74, 6) is -0.0820. The van der Waals surface area contributed by atoms with E-state index in [4.69, 9.17) is 11.6 Å². The molecule has 0 aliphatic heterocycles. The smallest absolute Gasteiger partial charge is 0.422 e. The molecule has 13 heavy (non-hydrogen) atoms. The van der Waals surface area contributed by atoms with Gasteiger partial charge in [0.2, 0.25) is 0 Å². The minimum atomic E-state index is -4.35. The molecule has 0 amide bonds. The first-order valence-corrected chi connectivity index (χ1v) is 3.72. The maximum Gasteiger partial charge on any atom is 0.422 e. The van der Waals surface area contributed by atoms with E-state index in [0.717, 1.165) is 0 Å². The lowest BCUT2D eigenvalue weighted by atomic mass is 10.3. The summed E-state index contributed by atoms with van der Waals surface area (Å²) >= 11 is 5.53. The first kappa shape index (κ1) is 10.2. The second-order valence-corrected chi connectivity index (χ2v) is 2.66.